The van der Waals surface area contributed by atoms with Crippen molar-refractivity contribution in [3.63, 3.8) is 0 Å². The van der Waals surface area contributed by atoms with Crippen LogP contribution in [0.2, 0.25) is 0 Å². The molecule has 6 heterocycles. The minimum Gasteiger partial charge on any atom is -0.455 e. The van der Waals surface area contributed by atoms with Crippen LogP contribution >= 0.6 is 7.14 Å². The summed E-state index contributed by atoms with van der Waals surface area (Å²) in [4.78, 5) is 4.72. The lowest BCUT2D eigenvalue weighted by molar-refractivity contribution is 0.485. The third kappa shape index (κ3) is 5.44. The number of nitrogens with zero attached hydrogens (tertiary/aromatic N) is 5. The molecule has 0 amide bonds. The Kier molecular flexibility index (Phi) is 8.29. The Morgan fingerprint density at radius 3 is 0.868 bits per heavy atom. The SMILES string of the molecule is Cc1ccc(N2c3cc(-n4c5ccccc5c5ccccc54)cc4c3P3(=O)c5c(cc(-n6c7ccccc7c7ccccc76)cc5N(c5ccc(C)cc5)c5cc(-n6c7ccccc7c7ccccc76)cc2c53)O4)cc1. The molecule has 0 fully saturated rings. The standard InChI is InChI=1S/C68H44N5O2P/c1-41-27-31-43(32-28-41)69-60-35-45(71-54-21-9-3-15-48(54)49-16-4-10-22-55(49)71)36-61-66(60)76(74)67-62(69)37-46(72-56-23-11-5-17-50(56)51-18-6-12-24-57(51)72)39-64(67)75-65-40-47(38-63(68(65)76)70(61)44-33-29-42(2)30-34-44)73-58-25-13-7-19-52(58)53-20-8-14-26-59(53)73/h3-40H,1-2H3. The van der Waals surface area contributed by atoms with E-state index >= 15 is 4.57 Å². The fourth-order valence-electron chi connectivity index (χ4n) is 13.2. The molecule has 17 rings (SSSR count). The van der Waals surface area contributed by atoms with E-state index in [1.807, 2.05) is 0 Å². The number of hydrogen-bond acceptors (Lipinski definition) is 4. The molecular weight excluding hydrogens is 950 g/mol. The minimum absolute atomic E-state index is 0.583. The Morgan fingerprint density at radius 1 is 0.303 bits per heavy atom. The minimum atomic E-state index is -3.83. The van der Waals surface area contributed by atoms with Gasteiger partial charge in [-0.2, -0.15) is 0 Å². The summed E-state index contributed by atoms with van der Waals surface area (Å²) in [6, 6.07) is 82.7. The van der Waals surface area contributed by atoms with Gasteiger partial charge in [0.1, 0.15) is 11.5 Å². The molecule has 3 aliphatic heterocycles. The van der Waals surface area contributed by atoms with Gasteiger partial charge in [-0.25, -0.2) is 0 Å². The van der Waals surface area contributed by atoms with Crippen molar-refractivity contribution < 1.29 is 9.30 Å². The summed E-state index contributed by atoms with van der Waals surface area (Å²) in [6.45, 7) is 4.26. The highest BCUT2D eigenvalue weighted by atomic mass is 31.2. The molecule has 0 atom stereocenters. The van der Waals surface area contributed by atoms with E-state index in [0.29, 0.717) is 22.1 Å². The molecule has 0 saturated heterocycles. The van der Waals surface area contributed by atoms with Crippen molar-refractivity contribution in [1.29, 1.82) is 0 Å². The molecule has 3 aromatic heterocycles. The van der Waals surface area contributed by atoms with E-state index in [1.165, 1.54) is 10.8 Å². The van der Waals surface area contributed by atoms with Gasteiger partial charge in [0.15, 0.2) is 7.14 Å². The lowest BCUT2D eigenvalue weighted by Crippen LogP contribution is -2.45. The van der Waals surface area contributed by atoms with Gasteiger partial charge in [0.2, 0.25) is 0 Å². The maximum Gasteiger partial charge on any atom is 0.186 e. The van der Waals surface area contributed by atoms with Gasteiger partial charge in [-0.3, -0.25) is 0 Å². The van der Waals surface area contributed by atoms with Gasteiger partial charge in [0.25, 0.3) is 0 Å². The zero-order valence-electron chi connectivity index (χ0n) is 41.4. The van der Waals surface area contributed by atoms with Crippen LogP contribution in [0.3, 0.4) is 0 Å². The van der Waals surface area contributed by atoms with Crippen LogP contribution in [0, 0.1) is 13.8 Å². The molecular formula is C68H44N5O2P. The van der Waals surface area contributed by atoms with E-state index in [4.69, 9.17) is 4.74 Å². The van der Waals surface area contributed by atoms with Crippen LogP contribution in [0.5, 0.6) is 11.5 Å². The monoisotopic (exact) mass is 993 g/mol. The summed E-state index contributed by atoms with van der Waals surface area (Å²) in [5, 5.41) is 9.19. The van der Waals surface area contributed by atoms with Crippen molar-refractivity contribution in [2.45, 2.75) is 13.8 Å². The molecule has 0 unspecified atom stereocenters. The number of rotatable bonds is 5. The number of hydrogen-bond donors (Lipinski definition) is 0. The maximum atomic E-state index is 18.2. The Labute approximate surface area is 437 Å². The highest BCUT2D eigenvalue weighted by Gasteiger charge is 2.55. The first-order chi connectivity index (χ1) is 37.4. The summed E-state index contributed by atoms with van der Waals surface area (Å²) in [5.74, 6) is 1.17. The molecule has 3 aliphatic rings. The quantitative estimate of drug-likeness (QED) is 0.161. The Morgan fingerprint density at radius 2 is 0.566 bits per heavy atom. The largest absolute Gasteiger partial charge is 0.455 e. The number of aryl methyl sites for hydroxylation is 2. The highest BCUT2D eigenvalue weighted by Crippen LogP contribution is 2.67. The van der Waals surface area contributed by atoms with Crippen LogP contribution in [-0.4, -0.2) is 13.7 Å². The maximum absolute atomic E-state index is 18.2. The fraction of sp³-hybridized carbons (Fsp3) is 0.0294. The van der Waals surface area contributed by atoms with E-state index < -0.39 is 7.14 Å². The molecule has 0 aliphatic carbocycles. The predicted molar refractivity (Wildman–Crippen MR) is 315 cm³/mol. The van der Waals surface area contributed by atoms with Gasteiger partial charge in [-0.1, -0.05) is 145 Å². The van der Waals surface area contributed by atoms with Crippen molar-refractivity contribution in [2.24, 2.45) is 0 Å². The molecule has 0 bridgehead atoms. The molecule has 0 N–H and O–H groups in total. The van der Waals surface area contributed by atoms with E-state index in [-0.39, 0.29) is 0 Å². The van der Waals surface area contributed by atoms with Crippen molar-refractivity contribution >= 4 is 123 Å². The van der Waals surface area contributed by atoms with E-state index in [9.17, 15) is 0 Å². The van der Waals surface area contributed by atoms with Crippen molar-refractivity contribution in [3.05, 3.63) is 242 Å². The molecule has 76 heavy (non-hydrogen) atoms. The average Bonchev–Trinajstić information content (AvgIpc) is 4.21. The van der Waals surface area contributed by atoms with Crippen molar-refractivity contribution in [3.8, 4) is 28.6 Å². The summed E-state index contributed by atoms with van der Waals surface area (Å²) >= 11 is 0. The Hall–Kier alpha value is -9.55. The lowest BCUT2D eigenvalue weighted by Gasteiger charge is -2.47. The molecule has 358 valence electrons. The molecule has 11 aromatic carbocycles. The second-order valence-corrected chi connectivity index (χ2v) is 23.2. The topological polar surface area (TPSA) is 47.6 Å². The second-order valence-electron chi connectivity index (χ2n) is 20.6. The van der Waals surface area contributed by atoms with E-state index in [1.54, 1.807) is 0 Å². The molecule has 8 heteroatoms. The molecule has 0 radical (unpaired) electrons. The number of aromatic nitrogens is 3. The van der Waals surface area contributed by atoms with Crippen LogP contribution in [0.15, 0.2) is 231 Å². The number of anilines is 6. The second kappa shape index (κ2) is 15.0. The van der Waals surface area contributed by atoms with Crippen LogP contribution in [0.1, 0.15) is 11.1 Å². The summed E-state index contributed by atoms with van der Waals surface area (Å²) in [5.41, 5.74) is 16.9. The number of fused-ring (bicyclic) bond motifs is 9. The van der Waals surface area contributed by atoms with Gasteiger partial charge < -0.3 is 32.8 Å². The first-order valence-corrected chi connectivity index (χ1v) is 27.6. The van der Waals surface area contributed by atoms with Gasteiger partial charge >= 0.3 is 0 Å². The third-order valence-corrected chi connectivity index (χ3v) is 19.6. The molecule has 14 aromatic rings. The predicted octanol–water partition coefficient (Wildman–Crippen LogP) is 16.9. The first-order valence-electron chi connectivity index (χ1n) is 25.9. The normalized spacial score (nSPS) is 13.9. The van der Waals surface area contributed by atoms with Gasteiger partial charge in [0.05, 0.1) is 88.8 Å². The molecule has 0 spiro atoms. The van der Waals surface area contributed by atoms with Crippen LogP contribution in [0.25, 0.3) is 82.5 Å². The van der Waals surface area contributed by atoms with Gasteiger partial charge in [-0.15, -0.1) is 0 Å². The van der Waals surface area contributed by atoms with Crippen LogP contribution < -0.4 is 30.5 Å². The first kappa shape index (κ1) is 41.9. The van der Waals surface area contributed by atoms with Gasteiger partial charge in [0, 0.05) is 55.8 Å². The summed E-state index contributed by atoms with van der Waals surface area (Å²) in [7, 11) is -3.83. The average molecular weight is 994 g/mol. The molecule has 7 nitrogen and oxygen atoms in total. The zero-order chi connectivity index (χ0) is 50.1. The number of para-hydroxylation sites is 6. The molecule has 0 saturated carbocycles. The van der Waals surface area contributed by atoms with Crippen molar-refractivity contribution in [2.75, 3.05) is 9.80 Å². The van der Waals surface area contributed by atoms with E-state index in [2.05, 4.69) is 268 Å². The van der Waals surface area contributed by atoms with Crippen LogP contribution in [0.4, 0.5) is 34.1 Å². The Bertz CT molecular complexity index is 4520. The third-order valence-electron chi connectivity index (χ3n) is 16.4. The summed E-state index contributed by atoms with van der Waals surface area (Å²) < 4.78 is 32.8. The summed E-state index contributed by atoms with van der Waals surface area (Å²) in [6.07, 6.45) is 0. The Balaban J connectivity index is 1.06. The van der Waals surface area contributed by atoms with Crippen molar-refractivity contribution in [1.82, 2.24) is 13.7 Å². The fourth-order valence-corrected chi connectivity index (χ4v) is 16.6. The van der Waals surface area contributed by atoms with Crippen LogP contribution in [-0.2, 0) is 4.57 Å². The number of ether oxygens (including phenoxy) is 1. The highest BCUT2D eigenvalue weighted by molar-refractivity contribution is 7.87. The van der Waals surface area contributed by atoms with Gasteiger partial charge in [-0.05, 0) is 98.8 Å². The smallest absolute Gasteiger partial charge is 0.186 e. The lowest BCUT2D eigenvalue weighted by atomic mass is 10.1. The number of benzene rings is 11. The zero-order valence-corrected chi connectivity index (χ0v) is 42.3. The van der Waals surface area contributed by atoms with E-state index in [0.717, 1.165) is 122 Å².